The van der Waals surface area contributed by atoms with Crippen molar-refractivity contribution in [1.82, 2.24) is 15.5 Å². The molecular weight excluding hydrogens is 194 g/mol. The summed E-state index contributed by atoms with van der Waals surface area (Å²) in [7, 11) is 1.86. The SMILES string of the molecule is CCC1OCCC1c1nc(CNC)no1. The Morgan fingerprint density at radius 1 is 1.53 bits per heavy atom. The highest BCUT2D eigenvalue weighted by atomic mass is 16.5. The molecule has 5 heteroatoms. The van der Waals surface area contributed by atoms with E-state index in [1.54, 1.807) is 0 Å². The van der Waals surface area contributed by atoms with Gasteiger partial charge in [-0.25, -0.2) is 0 Å². The Labute approximate surface area is 89.2 Å². The van der Waals surface area contributed by atoms with Gasteiger partial charge in [0.1, 0.15) is 0 Å². The zero-order valence-corrected chi connectivity index (χ0v) is 9.19. The third-order valence-electron chi connectivity index (χ3n) is 2.75. The second-order valence-electron chi connectivity index (χ2n) is 3.79. The summed E-state index contributed by atoms with van der Waals surface area (Å²) in [5.41, 5.74) is 0. The van der Waals surface area contributed by atoms with E-state index in [1.807, 2.05) is 7.05 Å². The summed E-state index contributed by atoms with van der Waals surface area (Å²) in [6.07, 6.45) is 2.22. The van der Waals surface area contributed by atoms with Gasteiger partial charge in [-0.3, -0.25) is 0 Å². The van der Waals surface area contributed by atoms with Crippen LogP contribution < -0.4 is 5.32 Å². The molecule has 0 aliphatic carbocycles. The Kier molecular flexibility index (Phi) is 3.33. The maximum atomic E-state index is 5.59. The molecule has 15 heavy (non-hydrogen) atoms. The number of nitrogens with one attached hydrogen (secondary N) is 1. The van der Waals surface area contributed by atoms with Gasteiger partial charge in [0.05, 0.1) is 18.6 Å². The molecule has 2 atom stereocenters. The van der Waals surface area contributed by atoms with Crippen LogP contribution in [0.1, 0.15) is 37.4 Å². The summed E-state index contributed by atoms with van der Waals surface area (Å²) in [6.45, 7) is 3.56. The molecule has 2 heterocycles. The zero-order chi connectivity index (χ0) is 10.7. The molecule has 2 unspecified atom stereocenters. The van der Waals surface area contributed by atoms with Crippen molar-refractivity contribution in [3.8, 4) is 0 Å². The number of aromatic nitrogens is 2. The van der Waals surface area contributed by atoms with Crippen LogP contribution in [0.4, 0.5) is 0 Å². The number of ether oxygens (including phenoxy) is 1. The minimum absolute atomic E-state index is 0.243. The predicted molar refractivity (Wildman–Crippen MR) is 54.5 cm³/mol. The molecule has 2 rings (SSSR count). The van der Waals surface area contributed by atoms with Crippen LogP contribution in [-0.4, -0.2) is 29.9 Å². The van der Waals surface area contributed by atoms with Gasteiger partial charge < -0.3 is 14.6 Å². The second-order valence-corrected chi connectivity index (χ2v) is 3.79. The van der Waals surface area contributed by atoms with E-state index in [0.717, 1.165) is 25.3 Å². The van der Waals surface area contributed by atoms with E-state index >= 15 is 0 Å². The largest absolute Gasteiger partial charge is 0.377 e. The van der Waals surface area contributed by atoms with Gasteiger partial charge in [0.25, 0.3) is 0 Å². The topological polar surface area (TPSA) is 60.2 Å². The third-order valence-corrected chi connectivity index (χ3v) is 2.75. The lowest BCUT2D eigenvalue weighted by atomic mass is 10.00. The molecule has 5 nitrogen and oxygen atoms in total. The second kappa shape index (κ2) is 4.72. The van der Waals surface area contributed by atoms with Crippen LogP contribution in [-0.2, 0) is 11.3 Å². The Balaban J connectivity index is 2.07. The molecule has 1 aromatic heterocycles. The van der Waals surface area contributed by atoms with Crippen LogP contribution in [0.25, 0.3) is 0 Å². The molecule has 1 aliphatic rings. The summed E-state index contributed by atoms with van der Waals surface area (Å²) in [4.78, 5) is 4.36. The smallest absolute Gasteiger partial charge is 0.232 e. The van der Waals surface area contributed by atoms with Crippen molar-refractivity contribution in [1.29, 1.82) is 0 Å². The molecule has 1 aromatic rings. The fraction of sp³-hybridized carbons (Fsp3) is 0.800. The van der Waals surface area contributed by atoms with Gasteiger partial charge in [-0.1, -0.05) is 12.1 Å². The highest BCUT2D eigenvalue weighted by Gasteiger charge is 2.32. The van der Waals surface area contributed by atoms with Gasteiger partial charge in [-0.2, -0.15) is 4.98 Å². The molecule has 1 saturated heterocycles. The maximum Gasteiger partial charge on any atom is 0.232 e. The molecule has 0 aromatic carbocycles. The molecule has 0 radical (unpaired) electrons. The minimum Gasteiger partial charge on any atom is -0.377 e. The first-order valence-electron chi connectivity index (χ1n) is 5.43. The van der Waals surface area contributed by atoms with Crippen LogP contribution in [0.2, 0.25) is 0 Å². The summed E-state index contributed by atoms with van der Waals surface area (Å²) in [6, 6.07) is 0. The molecule has 0 saturated carbocycles. The van der Waals surface area contributed by atoms with E-state index in [0.29, 0.717) is 12.4 Å². The number of nitrogens with zero attached hydrogens (tertiary/aromatic N) is 2. The van der Waals surface area contributed by atoms with Gasteiger partial charge in [0, 0.05) is 6.61 Å². The highest BCUT2D eigenvalue weighted by Crippen LogP contribution is 2.31. The van der Waals surface area contributed by atoms with Gasteiger partial charge in [0.15, 0.2) is 5.82 Å². The van der Waals surface area contributed by atoms with Crippen molar-refractivity contribution in [2.24, 2.45) is 0 Å². The zero-order valence-electron chi connectivity index (χ0n) is 9.19. The van der Waals surface area contributed by atoms with Gasteiger partial charge in [0.2, 0.25) is 5.89 Å². The first kappa shape index (κ1) is 10.6. The van der Waals surface area contributed by atoms with Crippen molar-refractivity contribution in [2.45, 2.75) is 38.3 Å². The Bertz CT molecular complexity index is 313. The first-order valence-corrected chi connectivity index (χ1v) is 5.43. The lowest BCUT2D eigenvalue weighted by Gasteiger charge is -2.11. The monoisotopic (exact) mass is 211 g/mol. The number of rotatable bonds is 4. The summed E-state index contributed by atoms with van der Waals surface area (Å²) >= 11 is 0. The summed E-state index contributed by atoms with van der Waals surface area (Å²) in [5, 5.41) is 6.91. The molecule has 1 aliphatic heterocycles. The van der Waals surface area contributed by atoms with Crippen molar-refractivity contribution in [3.05, 3.63) is 11.7 Å². The van der Waals surface area contributed by atoms with Crippen LogP contribution in [0, 0.1) is 0 Å². The Hall–Kier alpha value is -0.940. The fourth-order valence-electron chi connectivity index (χ4n) is 1.98. The standard InChI is InChI=1S/C10H17N3O2/c1-3-8-7(4-5-14-8)10-12-9(6-11-2)13-15-10/h7-8,11H,3-6H2,1-2H3. The normalized spacial score (nSPS) is 26.0. The highest BCUT2D eigenvalue weighted by molar-refractivity contribution is 4.99. The van der Waals surface area contributed by atoms with E-state index in [4.69, 9.17) is 9.26 Å². The summed E-state index contributed by atoms with van der Waals surface area (Å²) in [5.74, 6) is 1.73. The Morgan fingerprint density at radius 3 is 3.13 bits per heavy atom. The maximum absolute atomic E-state index is 5.59. The average molecular weight is 211 g/mol. The van der Waals surface area contributed by atoms with Crippen LogP contribution in [0.5, 0.6) is 0 Å². The molecule has 0 bridgehead atoms. The van der Waals surface area contributed by atoms with Crippen LogP contribution >= 0.6 is 0 Å². The Morgan fingerprint density at radius 2 is 2.40 bits per heavy atom. The van der Waals surface area contributed by atoms with Crippen LogP contribution in [0.15, 0.2) is 4.52 Å². The average Bonchev–Trinajstić information content (AvgIpc) is 2.84. The fourth-order valence-corrected chi connectivity index (χ4v) is 1.98. The van der Waals surface area contributed by atoms with E-state index in [1.165, 1.54) is 0 Å². The van der Waals surface area contributed by atoms with E-state index in [9.17, 15) is 0 Å². The molecule has 0 amide bonds. The first-order chi connectivity index (χ1) is 7.35. The van der Waals surface area contributed by atoms with Crippen molar-refractivity contribution >= 4 is 0 Å². The summed E-state index contributed by atoms with van der Waals surface area (Å²) < 4.78 is 10.8. The number of hydrogen-bond donors (Lipinski definition) is 1. The minimum atomic E-state index is 0.243. The lowest BCUT2D eigenvalue weighted by molar-refractivity contribution is 0.0953. The van der Waals surface area contributed by atoms with Gasteiger partial charge in [-0.05, 0) is 19.9 Å². The lowest BCUT2D eigenvalue weighted by Crippen LogP contribution is -2.13. The quantitative estimate of drug-likeness (QED) is 0.807. The van der Waals surface area contributed by atoms with Crippen LogP contribution in [0.3, 0.4) is 0 Å². The van der Waals surface area contributed by atoms with E-state index in [-0.39, 0.29) is 12.0 Å². The van der Waals surface area contributed by atoms with Crippen molar-refractivity contribution in [3.63, 3.8) is 0 Å². The van der Waals surface area contributed by atoms with Crippen molar-refractivity contribution in [2.75, 3.05) is 13.7 Å². The molecule has 0 spiro atoms. The van der Waals surface area contributed by atoms with E-state index < -0.39 is 0 Å². The van der Waals surface area contributed by atoms with Gasteiger partial charge >= 0.3 is 0 Å². The molecule has 1 N–H and O–H groups in total. The number of hydrogen-bond acceptors (Lipinski definition) is 5. The molecule has 84 valence electrons. The van der Waals surface area contributed by atoms with Gasteiger partial charge in [-0.15, -0.1) is 0 Å². The van der Waals surface area contributed by atoms with E-state index in [2.05, 4.69) is 22.4 Å². The molecular formula is C10H17N3O2. The predicted octanol–water partition coefficient (Wildman–Crippen LogP) is 1.07. The van der Waals surface area contributed by atoms with Crippen molar-refractivity contribution < 1.29 is 9.26 Å². The third kappa shape index (κ3) is 2.18. The molecule has 1 fully saturated rings.